The van der Waals surface area contributed by atoms with Crippen molar-refractivity contribution in [1.82, 2.24) is 5.32 Å². The molecule has 2 heterocycles. The maximum atomic E-state index is 13.7. The van der Waals surface area contributed by atoms with Gasteiger partial charge in [0.2, 0.25) is 5.91 Å². The molecule has 0 saturated carbocycles. The first-order valence-electron chi connectivity index (χ1n) is 10.4. The maximum Gasteiger partial charge on any atom is 0.236 e. The Bertz CT molecular complexity index is 1220. The number of aryl methyl sites for hydroxylation is 1. The molecular formula is C25H22ClN3O2S. The van der Waals surface area contributed by atoms with E-state index in [1.54, 1.807) is 24.3 Å². The molecule has 1 fully saturated rings. The fourth-order valence-electron chi connectivity index (χ4n) is 4.66. The zero-order valence-electron chi connectivity index (χ0n) is 17.6. The van der Waals surface area contributed by atoms with Crippen molar-refractivity contribution in [3.63, 3.8) is 0 Å². The van der Waals surface area contributed by atoms with E-state index in [1.165, 1.54) is 0 Å². The standard InChI is InChI=1S/C25H22ClN3O2S/c1-15-7-3-5-9-19(15)29-24(32)28-22-18-8-4-6-10-20(18)31-25(29,2)21(22)23(30)27-17-13-11-16(26)12-14-17/h3-14,21-22H,1-2H3,(H,27,30)(H,28,32)/t21-,22+,25+/m1/s1. The van der Waals surface area contributed by atoms with Crippen LogP contribution in [0, 0.1) is 12.8 Å². The summed E-state index contributed by atoms with van der Waals surface area (Å²) in [5.41, 5.74) is 2.48. The molecule has 2 N–H and O–H groups in total. The first-order valence-corrected chi connectivity index (χ1v) is 11.2. The van der Waals surface area contributed by atoms with E-state index in [9.17, 15) is 4.79 Å². The van der Waals surface area contributed by atoms with Crippen LogP contribution in [0.4, 0.5) is 11.4 Å². The van der Waals surface area contributed by atoms with Gasteiger partial charge >= 0.3 is 0 Å². The summed E-state index contributed by atoms with van der Waals surface area (Å²) in [5.74, 6) is -0.00794. The molecule has 5 nitrogen and oxygen atoms in total. The lowest BCUT2D eigenvalue weighted by Crippen LogP contribution is -2.72. The topological polar surface area (TPSA) is 53.6 Å². The minimum atomic E-state index is -1.04. The quantitative estimate of drug-likeness (QED) is 0.506. The largest absolute Gasteiger partial charge is 0.467 e. The molecule has 3 aromatic rings. The summed E-state index contributed by atoms with van der Waals surface area (Å²) in [6, 6.07) is 22.5. The van der Waals surface area contributed by atoms with E-state index in [2.05, 4.69) is 10.6 Å². The first kappa shape index (κ1) is 20.8. The highest BCUT2D eigenvalue weighted by atomic mass is 35.5. The van der Waals surface area contributed by atoms with E-state index in [0.29, 0.717) is 15.8 Å². The molecule has 3 aromatic carbocycles. The monoisotopic (exact) mass is 463 g/mol. The van der Waals surface area contributed by atoms with Crippen molar-refractivity contribution in [2.75, 3.05) is 10.2 Å². The lowest BCUT2D eigenvalue weighted by atomic mass is 9.78. The van der Waals surface area contributed by atoms with E-state index in [1.807, 2.05) is 67.3 Å². The van der Waals surface area contributed by atoms with Gasteiger partial charge in [-0.25, -0.2) is 0 Å². The van der Waals surface area contributed by atoms with Crippen molar-refractivity contribution in [1.29, 1.82) is 0 Å². The van der Waals surface area contributed by atoms with Gasteiger partial charge in [0.15, 0.2) is 10.8 Å². The zero-order valence-corrected chi connectivity index (χ0v) is 19.2. The second-order valence-corrected chi connectivity index (χ2v) is 9.04. The summed E-state index contributed by atoms with van der Waals surface area (Å²) >= 11 is 11.8. The summed E-state index contributed by atoms with van der Waals surface area (Å²) in [6.45, 7) is 3.95. The van der Waals surface area contributed by atoms with E-state index >= 15 is 0 Å². The van der Waals surface area contributed by atoms with Crippen LogP contribution >= 0.6 is 23.8 Å². The summed E-state index contributed by atoms with van der Waals surface area (Å²) in [6.07, 6.45) is 0. The number of hydrogen-bond acceptors (Lipinski definition) is 3. The van der Waals surface area contributed by atoms with Crippen molar-refractivity contribution in [3.8, 4) is 5.75 Å². The fourth-order valence-corrected chi connectivity index (χ4v) is 5.19. The van der Waals surface area contributed by atoms with Crippen molar-refractivity contribution < 1.29 is 9.53 Å². The Balaban J connectivity index is 1.62. The van der Waals surface area contributed by atoms with Crippen molar-refractivity contribution >= 4 is 46.2 Å². The summed E-state index contributed by atoms with van der Waals surface area (Å²) in [7, 11) is 0. The summed E-state index contributed by atoms with van der Waals surface area (Å²) in [4.78, 5) is 15.6. The van der Waals surface area contributed by atoms with Gasteiger partial charge in [-0.05, 0) is 68.0 Å². The van der Waals surface area contributed by atoms with Gasteiger partial charge in [-0.1, -0.05) is 48.0 Å². The third kappa shape index (κ3) is 3.31. The predicted octanol–water partition coefficient (Wildman–Crippen LogP) is 5.45. The van der Waals surface area contributed by atoms with Gasteiger partial charge in [0, 0.05) is 22.0 Å². The van der Waals surface area contributed by atoms with Gasteiger partial charge < -0.3 is 15.4 Å². The number of thiocarbonyl (C=S) groups is 1. The van der Waals surface area contributed by atoms with Gasteiger partial charge in [0.05, 0.1) is 6.04 Å². The van der Waals surface area contributed by atoms with E-state index in [-0.39, 0.29) is 11.9 Å². The molecular weight excluding hydrogens is 442 g/mol. The Morgan fingerprint density at radius 3 is 2.53 bits per heavy atom. The van der Waals surface area contributed by atoms with Gasteiger partial charge in [-0.3, -0.25) is 9.69 Å². The number of amides is 1. The van der Waals surface area contributed by atoms with Crippen molar-refractivity contribution in [3.05, 3.63) is 88.9 Å². The number of benzene rings is 3. The molecule has 32 heavy (non-hydrogen) atoms. The molecule has 2 bridgehead atoms. The van der Waals surface area contributed by atoms with Crippen LogP contribution in [-0.4, -0.2) is 16.7 Å². The Kier molecular flexibility index (Phi) is 5.07. The third-order valence-corrected chi connectivity index (χ3v) is 6.71. The Morgan fingerprint density at radius 1 is 1.09 bits per heavy atom. The molecule has 1 saturated heterocycles. The van der Waals surface area contributed by atoms with E-state index in [0.717, 1.165) is 22.6 Å². The van der Waals surface area contributed by atoms with E-state index in [4.69, 9.17) is 28.6 Å². The van der Waals surface area contributed by atoms with Crippen LogP contribution in [0.2, 0.25) is 5.02 Å². The van der Waals surface area contributed by atoms with Crippen LogP contribution in [0.1, 0.15) is 24.1 Å². The second-order valence-electron chi connectivity index (χ2n) is 8.22. The highest BCUT2D eigenvalue weighted by Crippen LogP contribution is 2.50. The second kappa shape index (κ2) is 7.80. The highest BCUT2D eigenvalue weighted by Gasteiger charge is 2.59. The predicted molar refractivity (Wildman–Crippen MR) is 131 cm³/mol. The maximum absolute atomic E-state index is 13.7. The number of rotatable bonds is 3. The van der Waals surface area contributed by atoms with Crippen LogP contribution in [0.15, 0.2) is 72.8 Å². The molecule has 7 heteroatoms. The molecule has 1 amide bonds. The van der Waals surface area contributed by atoms with Crippen molar-refractivity contribution in [2.24, 2.45) is 5.92 Å². The number of nitrogens with zero attached hydrogens (tertiary/aromatic N) is 1. The van der Waals surface area contributed by atoms with Crippen LogP contribution in [0.25, 0.3) is 0 Å². The normalized spacial score (nSPS) is 23.6. The number of hydrogen-bond donors (Lipinski definition) is 2. The number of anilines is 2. The lowest BCUT2D eigenvalue weighted by Gasteiger charge is -2.56. The third-order valence-electron chi connectivity index (χ3n) is 6.16. The van der Waals surface area contributed by atoms with Crippen LogP contribution in [0.5, 0.6) is 5.75 Å². The number of carbonyl (C=O) groups is 1. The number of para-hydroxylation sites is 2. The smallest absolute Gasteiger partial charge is 0.236 e. The molecule has 2 aliphatic rings. The van der Waals surface area contributed by atoms with Crippen LogP contribution in [0.3, 0.4) is 0 Å². The minimum absolute atomic E-state index is 0.164. The molecule has 0 unspecified atom stereocenters. The molecule has 2 aliphatic heterocycles. The number of carbonyl (C=O) groups excluding carboxylic acids is 1. The number of fused-ring (bicyclic) bond motifs is 4. The highest BCUT2D eigenvalue weighted by molar-refractivity contribution is 7.80. The minimum Gasteiger partial charge on any atom is -0.467 e. The Hall–Kier alpha value is -3.09. The first-order chi connectivity index (χ1) is 15.4. The lowest BCUT2D eigenvalue weighted by molar-refractivity contribution is -0.130. The van der Waals surface area contributed by atoms with Crippen LogP contribution < -0.4 is 20.3 Å². The summed E-state index contributed by atoms with van der Waals surface area (Å²) in [5, 5.41) is 7.60. The molecule has 0 radical (unpaired) electrons. The fraction of sp³-hybridized carbons (Fsp3) is 0.200. The number of nitrogens with one attached hydrogen (secondary N) is 2. The van der Waals surface area contributed by atoms with E-state index < -0.39 is 11.6 Å². The average Bonchev–Trinajstić information content (AvgIpc) is 2.76. The van der Waals surface area contributed by atoms with Gasteiger partial charge in [0.1, 0.15) is 11.7 Å². The Labute approximate surface area is 197 Å². The van der Waals surface area contributed by atoms with Crippen LogP contribution in [-0.2, 0) is 4.79 Å². The van der Waals surface area contributed by atoms with Gasteiger partial charge in [-0.15, -0.1) is 0 Å². The molecule has 3 atom stereocenters. The molecule has 0 aliphatic carbocycles. The van der Waals surface area contributed by atoms with Gasteiger partial charge in [-0.2, -0.15) is 0 Å². The zero-order chi connectivity index (χ0) is 22.5. The summed E-state index contributed by atoms with van der Waals surface area (Å²) < 4.78 is 6.59. The van der Waals surface area contributed by atoms with Gasteiger partial charge in [0.25, 0.3) is 0 Å². The molecule has 5 rings (SSSR count). The van der Waals surface area contributed by atoms with Crippen molar-refractivity contribution in [2.45, 2.75) is 25.6 Å². The molecule has 162 valence electrons. The Morgan fingerprint density at radius 2 is 1.78 bits per heavy atom. The molecule has 0 spiro atoms. The number of ether oxygens (including phenoxy) is 1. The average molecular weight is 464 g/mol. The SMILES string of the molecule is Cc1ccccc1N1C(=S)N[C@H]2c3ccccc3O[C@@]1(C)[C@H]2C(=O)Nc1ccc(Cl)cc1. The molecule has 0 aromatic heterocycles. The number of halogens is 1.